The zero-order valence-corrected chi connectivity index (χ0v) is 15.8. The third-order valence-corrected chi connectivity index (χ3v) is 4.89. The van der Waals surface area contributed by atoms with Crippen LogP contribution in [0.15, 0.2) is 69.2 Å². The van der Waals surface area contributed by atoms with Crippen LogP contribution >= 0.6 is 0 Å². The van der Waals surface area contributed by atoms with E-state index in [0.717, 1.165) is 9.13 Å². The SMILES string of the molecule is Cn1c(O)c(/C=C2/C(C(=O)c3ccccc3)=Nc3ccccc32)c(=O)n(C)c1=O. The van der Waals surface area contributed by atoms with Crippen molar-refractivity contribution in [2.24, 2.45) is 19.1 Å². The smallest absolute Gasteiger partial charge is 0.333 e. The quantitative estimate of drug-likeness (QED) is 0.698. The number of para-hydroxylation sites is 1. The zero-order chi connectivity index (χ0) is 20.7. The summed E-state index contributed by atoms with van der Waals surface area (Å²) >= 11 is 0. The molecule has 0 atom stereocenters. The topological polar surface area (TPSA) is 93.7 Å². The monoisotopic (exact) mass is 387 g/mol. The molecule has 7 heteroatoms. The van der Waals surface area contributed by atoms with E-state index in [2.05, 4.69) is 4.99 Å². The number of fused-ring (bicyclic) bond motifs is 1. The first kappa shape index (κ1) is 18.4. The van der Waals surface area contributed by atoms with Gasteiger partial charge in [0.05, 0.1) is 5.69 Å². The Hall–Kier alpha value is -4.00. The number of rotatable bonds is 3. The van der Waals surface area contributed by atoms with Crippen LogP contribution in [0.25, 0.3) is 11.6 Å². The van der Waals surface area contributed by atoms with Gasteiger partial charge in [-0.25, -0.2) is 9.79 Å². The minimum Gasteiger partial charge on any atom is -0.494 e. The highest BCUT2D eigenvalue weighted by Gasteiger charge is 2.28. The number of hydrogen-bond acceptors (Lipinski definition) is 5. The Morgan fingerprint density at radius 1 is 0.966 bits per heavy atom. The molecule has 0 aliphatic carbocycles. The number of aromatic hydroxyl groups is 1. The van der Waals surface area contributed by atoms with Crippen LogP contribution < -0.4 is 11.2 Å². The molecule has 0 fully saturated rings. The second-order valence-corrected chi connectivity index (χ2v) is 6.67. The minimum atomic E-state index is -0.658. The van der Waals surface area contributed by atoms with E-state index < -0.39 is 17.1 Å². The van der Waals surface area contributed by atoms with Gasteiger partial charge in [0, 0.05) is 30.8 Å². The molecule has 3 aromatic rings. The predicted octanol–water partition coefficient (Wildman–Crippen LogP) is 2.30. The number of ketones is 1. The highest BCUT2D eigenvalue weighted by atomic mass is 16.3. The van der Waals surface area contributed by atoms with Crippen LogP contribution in [0.5, 0.6) is 5.88 Å². The van der Waals surface area contributed by atoms with Crippen LogP contribution in [0, 0.1) is 0 Å². The van der Waals surface area contributed by atoms with E-state index in [4.69, 9.17) is 0 Å². The fourth-order valence-corrected chi connectivity index (χ4v) is 3.28. The Balaban J connectivity index is 1.96. The van der Waals surface area contributed by atoms with Crippen molar-refractivity contribution in [1.29, 1.82) is 0 Å². The molecule has 0 saturated carbocycles. The van der Waals surface area contributed by atoms with Gasteiger partial charge in [-0.3, -0.25) is 18.7 Å². The summed E-state index contributed by atoms with van der Waals surface area (Å²) in [6.45, 7) is 0. The first-order valence-corrected chi connectivity index (χ1v) is 8.89. The average molecular weight is 387 g/mol. The van der Waals surface area contributed by atoms with E-state index >= 15 is 0 Å². The number of carbonyl (C=O) groups is 1. The number of hydrogen-bond donors (Lipinski definition) is 1. The first-order chi connectivity index (χ1) is 13.9. The molecule has 4 rings (SSSR count). The molecule has 0 amide bonds. The lowest BCUT2D eigenvalue weighted by atomic mass is 9.95. The lowest BCUT2D eigenvalue weighted by molar-refractivity contribution is 0.106. The molecular weight excluding hydrogens is 370 g/mol. The van der Waals surface area contributed by atoms with Gasteiger partial charge in [0.15, 0.2) is 0 Å². The fraction of sp³-hybridized carbons (Fsp3) is 0.0909. The standard InChI is InChI=1S/C22H17N3O4/c1-24-20(27)16(21(28)25(2)22(24)29)12-15-14-10-6-7-11-17(14)23-18(15)19(26)13-8-4-3-5-9-13/h3-12,27H,1-2H3/b15-12+. The number of aromatic nitrogens is 2. The summed E-state index contributed by atoms with van der Waals surface area (Å²) < 4.78 is 1.88. The molecule has 1 aromatic heterocycles. The Bertz CT molecular complexity index is 1330. The van der Waals surface area contributed by atoms with Crippen LogP contribution in [0.1, 0.15) is 21.5 Å². The largest absolute Gasteiger partial charge is 0.494 e. The summed E-state index contributed by atoms with van der Waals surface area (Å²) in [5.74, 6) is -0.768. The summed E-state index contributed by atoms with van der Waals surface area (Å²) in [5.41, 5.74) is 0.927. The van der Waals surface area contributed by atoms with Gasteiger partial charge in [0.25, 0.3) is 5.56 Å². The van der Waals surface area contributed by atoms with Gasteiger partial charge in [0.2, 0.25) is 11.7 Å². The maximum absolute atomic E-state index is 13.1. The van der Waals surface area contributed by atoms with E-state index in [9.17, 15) is 19.5 Å². The second-order valence-electron chi connectivity index (χ2n) is 6.67. The van der Waals surface area contributed by atoms with Gasteiger partial charge in [-0.15, -0.1) is 0 Å². The van der Waals surface area contributed by atoms with Crippen molar-refractivity contribution in [3.8, 4) is 5.88 Å². The van der Waals surface area contributed by atoms with Crippen molar-refractivity contribution >= 4 is 28.8 Å². The van der Waals surface area contributed by atoms with Gasteiger partial charge < -0.3 is 5.11 Å². The number of benzene rings is 2. The molecule has 1 N–H and O–H groups in total. The minimum absolute atomic E-state index is 0.0881. The van der Waals surface area contributed by atoms with E-state index in [0.29, 0.717) is 22.4 Å². The summed E-state index contributed by atoms with van der Waals surface area (Å²) in [6.07, 6.45) is 1.42. The molecule has 0 bridgehead atoms. The van der Waals surface area contributed by atoms with Crippen LogP contribution in [0.2, 0.25) is 0 Å². The molecular formula is C22H17N3O4. The molecule has 0 radical (unpaired) electrons. The molecule has 7 nitrogen and oxygen atoms in total. The molecule has 29 heavy (non-hydrogen) atoms. The number of nitrogens with zero attached hydrogens (tertiary/aromatic N) is 3. The lowest BCUT2D eigenvalue weighted by Crippen LogP contribution is -2.38. The van der Waals surface area contributed by atoms with Crippen molar-refractivity contribution < 1.29 is 9.90 Å². The first-order valence-electron chi connectivity index (χ1n) is 8.89. The van der Waals surface area contributed by atoms with Crippen molar-refractivity contribution in [3.63, 3.8) is 0 Å². The van der Waals surface area contributed by atoms with Crippen molar-refractivity contribution in [1.82, 2.24) is 9.13 Å². The average Bonchev–Trinajstić information content (AvgIpc) is 3.12. The van der Waals surface area contributed by atoms with E-state index in [1.54, 1.807) is 48.5 Å². The summed E-state index contributed by atoms with van der Waals surface area (Å²) in [5, 5.41) is 10.4. The Labute approximate surface area is 165 Å². The number of Topliss-reactive ketones (excluding diaryl/α,β-unsaturated/α-hetero) is 1. The summed E-state index contributed by atoms with van der Waals surface area (Å²) in [7, 11) is 2.70. The second kappa shape index (κ2) is 6.87. The van der Waals surface area contributed by atoms with Crippen LogP contribution in [0.4, 0.5) is 5.69 Å². The summed E-state index contributed by atoms with van der Waals surface area (Å²) in [4.78, 5) is 42.2. The summed E-state index contributed by atoms with van der Waals surface area (Å²) in [6, 6.07) is 15.9. The third kappa shape index (κ3) is 2.93. The van der Waals surface area contributed by atoms with Crippen molar-refractivity contribution in [2.75, 3.05) is 0 Å². The fourth-order valence-electron chi connectivity index (χ4n) is 3.28. The molecule has 0 unspecified atom stereocenters. The Kier molecular flexibility index (Phi) is 4.35. The normalized spacial score (nSPS) is 14.0. The Morgan fingerprint density at radius 2 is 1.62 bits per heavy atom. The highest BCUT2D eigenvalue weighted by Crippen LogP contribution is 2.37. The maximum Gasteiger partial charge on any atom is 0.333 e. The number of carbonyl (C=O) groups excluding carboxylic acids is 1. The van der Waals surface area contributed by atoms with Crippen molar-refractivity contribution in [2.45, 2.75) is 0 Å². The molecule has 2 heterocycles. The molecule has 0 saturated heterocycles. The molecule has 0 spiro atoms. The van der Waals surface area contributed by atoms with Gasteiger partial charge in [-0.2, -0.15) is 0 Å². The van der Waals surface area contributed by atoms with Crippen LogP contribution in [-0.4, -0.2) is 25.7 Å². The molecule has 144 valence electrons. The van der Waals surface area contributed by atoms with Gasteiger partial charge in [-0.05, 0) is 12.1 Å². The van der Waals surface area contributed by atoms with Crippen LogP contribution in [-0.2, 0) is 14.1 Å². The van der Waals surface area contributed by atoms with Gasteiger partial charge in [-0.1, -0.05) is 48.5 Å². The highest BCUT2D eigenvalue weighted by molar-refractivity contribution is 6.63. The van der Waals surface area contributed by atoms with Crippen molar-refractivity contribution in [3.05, 3.63) is 92.1 Å². The number of allylic oxidation sites excluding steroid dienone is 1. The molecule has 2 aromatic carbocycles. The Morgan fingerprint density at radius 3 is 2.34 bits per heavy atom. The molecule has 1 aliphatic heterocycles. The number of aliphatic imine (C=N–C) groups is 1. The van der Waals surface area contributed by atoms with E-state index in [-0.39, 0.29) is 17.1 Å². The van der Waals surface area contributed by atoms with E-state index in [1.165, 1.54) is 20.2 Å². The van der Waals surface area contributed by atoms with Crippen LogP contribution in [0.3, 0.4) is 0 Å². The lowest BCUT2D eigenvalue weighted by Gasteiger charge is -2.10. The maximum atomic E-state index is 13.1. The van der Waals surface area contributed by atoms with Gasteiger partial charge in [0.1, 0.15) is 11.3 Å². The molecule has 1 aliphatic rings. The van der Waals surface area contributed by atoms with E-state index in [1.807, 2.05) is 6.07 Å². The zero-order valence-electron chi connectivity index (χ0n) is 15.8. The van der Waals surface area contributed by atoms with Gasteiger partial charge >= 0.3 is 5.69 Å². The third-order valence-electron chi connectivity index (χ3n) is 4.89. The predicted molar refractivity (Wildman–Crippen MR) is 111 cm³/mol.